The number of amides is 1. The maximum absolute atomic E-state index is 12.5. The van der Waals surface area contributed by atoms with Crippen molar-refractivity contribution < 1.29 is 13.9 Å². The molecule has 0 unspecified atom stereocenters. The first-order chi connectivity index (χ1) is 14.9. The number of nitrogens with one attached hydrogen (secondary N) is 1. The Morgan fingerprint density at radius 3 is 2.81 bits per heavy atom. The summed E-state index contributed by atoms with van der Waals surface area (Å²) in [6.45, 7) is 6.27. The summed E-state index contributed by atoms with van der Waals surface area (Å²) in [5.41, 5.74) is 4.90. The van der Waals surface area contributed by atoms with E-state index in [2.05, 4.69) is 29.3 Å². The molecule has 1 atom stereocenters. The van der Waals surface area contributed by atoms with Gasteiger partial charge in [-0.3, -0.25) is 9.59 Å². The second kappa shape index (κ2) is 8.68. The number of anilines is 2. The van der Waals surface area contributed by atoms with Crippen molar-refractivity contribution in [3.63, 3.8) is 0 Å². The lowest BCUT2D eigenvalue weighted by atomic mass is 10.1. The number of para-hydroxylation sites is 1. The first kappa shape index (κ1) is 20.7. The SMILES string of the molecule is Cc1ccc(C)c(NC(=O)COc2coc(CN3c4ccccc4C[C@@H]3C)cc2=O)c1. The third kappa shape index (κ3) is 4.63. The van der Waals surface area contributed by atoms with Crippen LogP contribution in [0.1, 0.15) is 29.4 Å². The molecule has 0 radical (unpaired) electrons. The van der Waals surface area contributed by atoms with Gasteiger partial charge in [-0.2, -0.15) is 0 Å². The van der Waals surface area contributed by atoms with Crippen molar-refractivity contribution in [3.05, 3.63) is 87.5 Å². The molecule has 0 saturated heterocycles. The van der Waals surface area contributed by atoms with Gasteiger partial charge in [0.2, 0.25) is 11.2 Å². The molecule has 1 aromatic heterocycles. The Bertz CT molecular complexity index is 1170. The molecule has 3 aromatic rings. The van der Waals surface area contributed by atoms with E-state index in [1.165, 1.54) is 23.6 Å². The molecule has 1 amide bonds. The Kier molecular flexibility index (Phi) is 5.80. The zero-order chi connectivity index (χ0) is 22.0. The van der Waals surface area contributed by atoms with Crippen LogP contribution in [0.2, 0.25) is 0 Å². The quantitative estimate of drug-likeness (QED) is 0.649. The number of fused-ring (bicyclic) bond motifs is 1. The summed E-state index contributed by atoms with van der Waals surface area (Å²) in [6, 6.07) is 15.9. The second-order valence-corrected chi connectivity index (χ2v) is 8.04. The molecule has 0 saturated carbocycles. The molecule has 1 N–H and O–H groups in total. The van der Waals surface area contributed by atoms with Gasteiger partial charge in [0.25, 0.3) is 5.91 Å². The van der Waals surface area contributed by atoms with Gasteiger partial charge in [0.1, 0.15) is 12.0 Å². The minimum atomic E-state index is -0.334. The minimum absolute atomic E-state index is 0.0229. The number of rotatable bonds is 6. The Hall–Kier alpha value is -3.54. The average Bonchev–Trinajstić information content (AvgIpc) is 3.05. The van der Waals surface area contributed by atoms with Crippen LogP contribution in [0, 0.1) is 13.8 Å². The van der Waals surface area contributed by atoms with Crippen molar-refractivity contribution >= 4 is 17.3 Å². The van der Waals surface area contributed by atoms with Gasteiger partial charge >= 0.3 is 0 Å². The summed E-state index contributed by atoms with van der Waals surface area (Å²) in [4.78, 5) is 26.9. The Morgan fingerprint density at radius 1 is 1.19 bits per heavy atom. The monoisotopic (exact) mass is 418 g/mol. The Morgan fingerprint density at radius 2 is 2.00 bits per heavy atom. The van der Waals surface area contributed by atoms with Gasteiger partial charge in [-0.05, 0) is 56.0 Å². The normalized spacial score (nSPS) is 14.9. The molecule has 31 heavy (non-hydrogen) atoms. The lowest BCUT2D eigenvalue weighted by molar-refractivity contribution is -0.118. The van der Waals surface area contributed by atoms with Crippen molar-refractivity contribution in [2.45, 2.75) is 39.8 Å². The number of hydrogen-bond acceptors (Lipinski definition) is 5. The van der Waals surface area contributed by atoms with Gasteiger partial charge in [0, 0.05) is 23.5 Å². The molecule has 1 aliphatic heterocycles. The predicted octanol–water partition coefficient (Wildman–Crippen LogP) is 4.23. The van der Waals surface area contributed by atoms with Crippen LogP contribution in [0.25, 0.3) is 0 Å². The molecule has 2 aromatic carbocycles. The highest BCUT2D eigenvalue weighted by Gasteiger charge is 2.26. The van der Waals surface area contributed by atoms with Crippen LogP contribution in [0.4, 0.5) is 11.4 Å². The molecule has 160 valence electrons. The third-order valence-corrected chi connectivity index (χ3v) is 5.55. The van der Waals surface area contributed by atoms with Crippen molar-refractivity contribution in [3.8, 4) is 5.75 Å². The molecule has 4 rings (SSSR count). The van der Waals surface area contributed by atoms with Crippen LogP contribution < -0.4 is 20.4 Å². The fourth-order valence-corrected chi connectivity index (χ4v) is 3.87. The summed E-state index contributed by atoms with van der Waals surface area (Å²) in [5, 5.41) is 2.81. The van der Waals surface area contributed by atoms with E-state index in [4.69, 9.17) is 9.15 Å². The standard InChI is InChI=1S/C25H26N2O4/c1-16-8-9-17(2)21(10-16)26-25(29)15-31-24-14-30-20(12-23(24)28)13-27-18(3)11-19-6-4-5-7-22(19)27/h4-10,12,14,18H,11,13,15H2,1-3H3,(H,26,29)/t18-/m0/s1. The summed E-state index contributed by atoms with van der Waals surface area (Å²) < 4.78 is 11.1. The first-order valence-electron chi connectivity index (χ1n) is 10.4. The Labute approximate surface area is 181 Å². The van der Waals surface area contributed by atoms with Crippen molar-refractivity contribution in [2.75, 3.05) is 16.8 Å². The van der Waals surface area contributed by atoms with Gasteiger partial charge < -0.3 is 19.4 Å². The fraction of sp³-hybridized carbons (Fsp3) is 0.280. The van der Waals surface area contributed by atoms with Gasteiger partial charge in [-0.25, -0.2) is 0 Å². The lowest BCUT2D eigenvalue weighted by Crippen LogP contribution is -2.29. The highest BCUT2D eigenvalue weighted by Crippen LogP contribution is 2.33. The number of carbonyl (C=O) groups excluding carboxylic acids is 1. The minimum Gasteiger partial charge on any atom is -0.477 e. The molecule has 6 heteroatoms. The van der Waals surface area contributed by atoms with Crippen molar-refractivity contribution in [1.82, 2.24) is 0 Å². The summed E-state index contributed by atoms with van der Waals surface area (Å²) in [6.07, 6.45) is 2.26. The zero-order valence-electron chi connectivity index (χ0n) is 18.0. The number of hydrogen-bond donors (Lipinski definition) is 1. The topological polar surface area (TPSA) is 71.8 Å². The van der Waals surface area contributed by atoms with Gasteiger partial charge in [-0.15, -0.1) is 0 Å². The number of carbonyl (C=O) groups is 1. The second-order valence-electron chi connectivity index (χ2n) is 8.04. The van der Waals surface area contributed by atoms with Gasteiger partial charge in [-0.1, -0.05) is 30.3 Å². The predicted molar refractivity (Wildman–Crippen MR) is 121 cm³/mol. The Balaban J connectivity index is 1.38. The van der Waals surface area contributed by atoms with Crippen LogP contribution in [0.5, 0.6) is 5.75 Å². The van der Waals surface area contributed by atoms with E-state index in [0.29, 0.717) is 18.3 Å². The average molecular weight is 418 g/mol. The number of aryl methyl sites for hydroxylation is 2. The van der Waals surface area contributed by atoms with E-state index in [9.17, 15) is 9.59 Å². The maximum Gasteiger partial charge on any atom is 0.262 e. The third-order valence-electron chi connectivity index (χ3n) is 5.55. The molecular weight excluding hydrogens is 392 g/mol. The number of benzene rings is 2. The molecule has 0 aliphatic carbocycles. The van der Waals surface area contributed by atoms with Crippen molar-refractivity contribution in [2.24, 2.45) is 0 Å². The van der Waals surface area contributed by atoms with Crippen LogP contribution in [0.15, 0.2) is 64.0 Å². The summed E-state index contributed by atoms with van der Waals surface area (Å²) >= 11 is 0. The molecule has 1 aliphatic rings. The van der Waals surface area contributed by atoms with E-state index >= 15 is 0 Å². The molecule has 0 spiro atoms. The highest BCUT2D eigenvalue weighted by atomic mass is 16.5. The zero-order valence-corrected chi connectivity index (χ0v) is 18.0. The summed E-state index contributed by atoms with van der Waals surface area (Å²) in [5.74, 6) is 0.246. The smallest absolute Gasteiger partial charge is 0.262 e. The number of ether oxygens (including phenoxy) is 1. The van der Waals surface area contributed by atoms with E-state index in [1.54, 1.807) is 0 Å². The van der Waals surface area contributed by atoms with Gasteiger partial charge in [0.05, 0.1) is 6.54 Å². The van der Waals surface area contributed by atoms with E-state index in [-0.39, 0.29) is 23.7 Å². The maximum atomic E-state index is 12.5. The summed E-state index contributed by atoms with van der Waals surface area (Å²) in [7, 11) is 0. The van der Waals surface area contributed by atoms with E-state index in [0.717, 1.165) is 23.2 Å². The highest BCUT2D eigenvalue weighted by molar-refractivity contribution is 5.92. The van der Waals surface area contributed by atoms with Crippen molar-refractivity contribution in [1.29, 1.82) is 0 Å². The first-order valence-corrected chi connectivity index (χ1v) is 10.4. The van der Waals surface area contributed by atoms with Crippen LogP contribution >= 0.6 is 0 Å². The fourth-order valence-electron chi connectivity index (χ4n) is 3.87. The molecule has 6 nitrogen and oxygen atoms in total. The number of nitrogens with zero attached hydrogens (tertiary/aromatic N) is 1. The van der Waals surface area contributed by atoms with Crippen LogP contribution in [-0.2, 0) is 17.8 Å². The van der Waals surface area contributed by atoms with E-state index < -0.39 is 0 Å². The van der Waals surface area contributed by atoms with E-state index in [1.807, 2.05) is 44.2 Å². The van der Waals surface area contributed by atoms with Crippen LogP contribution in [0.3, 0.4) is 0 Å². The molecule has 2 heterocycles. The molecule has 0 bridgehead atoms. The lowest BCUT2D eigenvalue weighted by Gasteiger charge is -2.24. The van der Waals surface area contributed by atoms with Crippen LogP contribution in [-0.4, -0.2) is 18.6 Å². The molecule has 0 fully saturated rings. The molecular formula is C25H26N2O4. The van der Waals surface area contributed by atoms with Gasteiger partial charge in [0.15, 0.2) is 6.61 Å². The largest absolute Gasteiger partial charge is 0.477 e.